The molecule has 0 unspecified atom stereocenters. The maximum absolute atomic E-state index is 10.7. The maximum atomic E-state index is 10.7. The van der Waals surface area contributed by atoms with Gasteiger partial charge in [-0.2, -0.15) is 0 Å². The summed E-state index contributed by atoms with van der Waals surface area (Å²) in [5.41, 5.74) is 7.38. The van der Waals surface area contributed by atoms with Crippen LogP contribution < -0.4 is 5.73 Å². The number of anilines is 1. The van der Waals surface area contributed by atoms with Crippen molar-refractivity contribution in [3.63, 3.8) is 0 Å². The minimum absolute atomic E-state index is 0.0884. The second kappa shape index (κ2) is 3.79. The molecule has 0 aliphatic carbocycles. The Hall–Kier alpha value is -2.03. The highest BCUT2D eigenvalue weighted by Crippen LogP contribution is 2.23. The molecule has 0 saturated heterocycles. The van der Waals surface area contributed by atoms with Gasteiger partial charge in [0.25, 0.3) is 0 Å². The van der Waals surface area contributed by atoms with E-state index in [1.807, 2.05) is 0 Å². The third kappa shape index (κ3) is 1.52. The molecule has 0 bridgehead atoms. The van der Waals surface area contributed by atoms with E-state index in [1.165, 1.54) is 12.1 Å². The molecule has 0 radical (unpaired) electrons. The Morgan fingerprint density at radius 2 is 2.00 bits per heavy atom. The lowest BCUT2D eigenvalue weighted by atomic mass is 10.0. The third-order valence-electron chi connectivity index (χ3n) is 1.98. The van der Waals surface area contributed by atoms with E-state index < -0.39 is 5.97 Å². The summed E-state index contributed by atoms with van der Waals surface area (Å²) in [7, 11) is 0. The van der Waals surface area contributed by atoms with E-state index >= 15 is 0 Å². The largest absolute Gasteiger partial charge is 0.478 e. The van der Waals surface area contributed by atoms with Crippen LogP contribution >= 0.6 is 0 Å². The lowest BCUT2D eigenvalue weighted by molar-refractivity contribution is 0.0698. The molecule has 1 aromatic rings. The Morgan fingerprint density at radius 3 is 2.43 bits per heavy atom. The zero-order valence-electron chi connectivity index (χ0n) is 7.66. The summed E-state index contributed by atoms with van der Waals surface area (Å²) in [5, 5.41) is 8.81. The quantitative estimate of drug-likeness (QED) is 0.717. The van der Waals surface area contributed by atoms with E-state index in [1.54, 1.807) is 12.1 Å². The lowest BCUT2D eigenvalue weighted by Crippen LogP contribution is -2.04. The molecule has 3 nitrogen and oxygen atoms in total. The van der Waals surface area contributed by atoms with Gasteiger partial charge in [0.15, 0.2) is 0 Å². The highest BCUT2D eigenvalue weighted by molar-refractivity contribution is 5.97. The number of hydrogen-bond acceptors (Lipinski definition) is 2. The zero-order valence-corrected chi connectivity index (χ0v) is 7.66. The van der Waals surface area contributed by atoms with Crippen LogP contribution in [-0.4, -0.2) is 11.1 Å². The summed E-state index contributed by atoms with van der Waals surface area (Å²) >= 11 is 0. The molecule has 0 heterocycles. The number of carbonyl (C=O) groups is 1. The molecule has 14 heavy (non-hydrogen) atoms. The average Bonchev–Trinajstić information content (AvgIpc) is 2.16. The van der Waals surface area contributed by atoms with Gasteiger partial charge in [-0.05, 0) is 11.6 Å². The predicted octanol–water partition coefficient (Wildman–Crippen LogP) is 2.25. The van der Waals surface area contributed by atoms with Crippen molar-refractivity contribution in [2.75, 3.05) is 5.73 Å². The van der Waals surface area contributed by atoms with E-state index in [4.69, 9.17) is 10.8 Å². The summed E-state index contributed by atoms with van der Waals surface area (Å²) in [4.78, 5) is 10.7. The number of benzene rings is 1. The minimum atomic E-state index is -1.04. The van der Waals surface area contributed by atoms with Crippen LogP contribution in [0.5, 0.6) is 0 Å². The van der Waals surface area contributed by atoms with Crippen molar-refractivity contribution in [1.29, 1.82) is 0 Å². The smallest absolute Gasteiger partial charge is 0.337 e. The van der Waals surface area contributed by atoms with Gasteiger partial charge in [-0.1, -0.05) is 31.4 Å². The van der Waals surface area contributed by atoms with Crippen LogP contribution in [0.2, 0.25) is 0 Å². The van der Waals surface area contributed by atoms with Gasteiger partial charge in [-0.3, -0.25) is 0 Å². The Balaban J connectivity index is 3.49. The Kier molecular flexibility index (Phi) is 2.72. The molecule has 3 N–H and O–H groups in total. The summed E-state index contributed by atoms with van der Waals surface area (Å²) in [6, 6.07) is 3.12. The van der Waals surface area contributed by atoms with Crippen molar-refractivity contribution < 1.29 is 9.90 Å². The van der Waals surface area contributed by atoms with E-state index in [-0.39, 0.29) is 11.3 Å². The number of rotatable bonds is 3. The number of nitrogens with two attached hydrogens (primary N) is 1. The minimum Gasteiger partial charge on any atom is -0.478 e. The normalized spacial score (nSPS) is 9.43. The number of carboxylic acids is 1. The standard InChI is InChI=1S/C11H11NO2/c1-3-7-5-6-9(11(13)14)10(12)8(7)4-2/h3-6H,1-2,12H2,(H,13,14). The Labute approximate surface area is 82.2 Å². The van der Waals surface area contributed by atoms with Crippen LogP contribution in [0.4, 0.5) is 5.69 Å². The van der Waals surface area contributed by atoms with Gasteiger partial charge in [-0.15, -0.1) is 0 Å². The molecule has 0 aliphatic heterocycles. The van der Waals surface area contributed by atoms with Gasteiger partial charge in [0, 0.05) is 5.56 Å². The molecule has 1 aromatic carbocycles. The van der Waals surface area contributed by atoms with E-state index in [2.05, 4.69) is 13.2 Å². The van der Waals surface area contributed by atoms with Crippen LogP contribution in [0.25, 0.3) is 12.2 Å². The van der Waals surface area contributed by atoms with Crippen molar-refractivity contribution >= 4 is 23.8 Å². The summed E-state index contributed by atoms with van der Waals surface area (Å²) in [6.45, 7) is 7.18. The fourth-order valence-corrected chi connectivity index (χ4v) is 1.25. The van der Waals surface area contributed by atoms with Crippen LogP contribution in [0.1, 0.15) is 21.5 Å². The van der Waals surface area contributed by atoms with Crippen LogP contribution in [0.3, 0.4) is 0 Å². The number of carboxylic acid groups (broad SMARTS) is 1. The van der Waals surface area contributed by atoms with Crippen LogP contribution in [0.15, 0.2) is 25.3 Å². The molecule has 0 aliphatic rings. The molecule has 0 fully saturated rings. The molecule has 0 aromatic heterocycles. The molecule has 1 rings (SSSR count). The molecular weight excluding hydrogens is 178 g/mol. The van der Waals surface area contributed by atoms with Gasteiger partial charge in [0.05, 0.1) is 11.3 Å². The molecule has 0 amide bonds. The SMILES string of the molecule is C=Cc1ccc(C(=O)O)c(N)c1C=C. The summed E-state index contributed by atoms with van der Waals surface area (Å²) in [6.07, 6.45) is 3.14. The van der Waals surface area contributed by atoms with Gasteiger partial charge < -0.3 is 10.8 Å². The first kappa shape index (κ1) is 10.1. The highest BCUT2D eigenvalue weighted by atomic mass is 16.4. The fraction of sp³-hybridized carbons (Fsp3) is 0. The average molecular weight is 189 g/mol. The molecule has 0 saturated carbocycles. The number of nitrogen functional groups attached to an aromatic ring is 1. The number of aromatic carboxylic acids is 1. The first-order valence-electron chi connectivity index (χ1n) is 4.02. The third-order valence-corrected chi connectivity index (χ3v) is 1.98. The zero-order chi connectivity index (χ0) is 10.7. The Morgan fingerprint density at radius 1 is 1.36 bits per heavy atom. The molecular formula is C11H11NO2. The first-order valence-corrected chi connectivity index (χ1v) is 4.02. The lowest BCUT2D eigenvalue weighted by Gasteiger charge is -2.07. The van der Waals surface area contributed by atoms with Crippen molar-refractivity contribution in [3.8, 4) is 0 Å². The predicted molar refractivity (Wildman–Crippen MR) is 58.0 cm³/mol. The van der Waals surface area contributed by atoms with Crippen molar-refractivity contribution in [2.45, 2.75) is 0 Å². The maximum Gasteiger partial charge on any atom is 0.337 e. The highest BCUT2D eigenvalue weighted by Gasteiger charge is 2.11. The van der Waals surface area contributed by atoms with Crippen molar-refractivity contribution in [3.05, 3.63) is 42.0 Å². The van der Waals surface area contributed by atoms with Gasteiger partial charge in [0.2, 0.25) is 0 Å². The van der Waals surface area contributed by atoms with E-state index in [0.717, 1.165) is 5.56 Å². The Bertz CT molecular complexity index is 408. The van der Waals surface area contributed by atoms with Gasteiger partial charge >= 0.3 is 5.97 Å². The molecule has 3 heteroatoms. The summed E-state index contributed by atoms with van der Waals surface area (Å²) in [5.74, 6) is -1.04. The van der Waals surface area contributed by atoms with E-state index in [9.17, 15) is 4.79 Å². The van der Waals surface area contributed by atoms with Crippen LogP contribution in [0, 0.1) is 0 Å². The topological polar surface area (TPSA) is 63.3 Å². The molecule has 0 spiro atoms. The van der Waals surface area contributed by atoms with Crippen molar-refractivity contribution in [2.24, 2.45) is 0 Å². The van der Waals surface area contributed by atoms with Crippen molar-refractivity contribution in [1.82, 2.24) is 0 Å². The second-order valence-electron chi connectivity index (χ2n) is 2.74. The molecule has 72 valence electrons. The monoisotopic (exact) mass is 189 g/mol. The second-order valence-corrected chi connectivity index (χ2v) is 2.74. The van der Waals surface area contributed by atoms with Gasteiger partial charge in [-0.25, -0.2) is 4.79 Å². The summed E-state index contributed by atoms with van der Waals surface area (Å²) < 4.78 is 0. The first-order chi connectivity index (χ1) is 6.61. The molecule has 0 atom stereocenters. The van der Waals surface area contributed by atoms with E-state index in [0.29, 0.717) is 5.56 Å². The van der Waals surface area contributed by atoms with Gasteiger partial charge in [0.1, 0.15) is 0 Å². The number of hydrogen-bond donors (Lipinski definition) is 2. The van der Waals surface area contributed by atoms with Crippen LogP contribution in [-0.2, 0) is 0 Å². The fourth-order valence-electron chi connectivity index (χ4n) is 1.25.